The van der Waals surface area contributed by atoms with Crippen molar-refractivity contribution in [2.45, 2.75) is 52.1 Å². The number of fused-ring (bicyclic) bond motifs is 1. The van der Waals surface area contributed by atoms with Gasteiger partial charge in [0.1, 0.15) is 11.5 Å². The Kier molecular flexibility index (Phi) is 6.87. The summed E-state index contributed by atoms with van der Waals surface area (Å²) < 4.78 is 2.07. The lowest BCUT2D eigenvalue weighted by atomic mass is 9.91. The fourth-order valence-corrected chi connectivity index (χ4v) is 4.94. The first-order chi connectivity index (χ1) is 17.5. The van der Waals surface area contributed by atoms with Crippen molar-refractivity contribution in [1.82, 2.24) is 14.7 Å². The summed E-state index contributed by atoms with van der Waals surface area (Å²) in [5.41, 5.74) is 13.7. The molecule has 6 nitrogen and oxygen atoms in total. The fraction of sp³-hybridized carbons (Fsp3) is 0.267. The van der Waals surface area contributed by atoms with Gasteiger partial charge in [0.2, 0.25) is 0 Å². The summed E-state index contributed by atoms with van der Waals surface area (Å²) in [6, 6.07) is 18.0. The summed E-state index contributed by atoms with van der Waals surface area (Å²) in [5, 5.41) is 6.73. The average Bonchev–Trinajstić information content (AvgIpc) is 3.27. The van der Waals surface area contributed by atoms with E-state index in [4.69, 9.17) is 10.7 Å². The van der Waals surface area contributed by atoms with Gasteiger partial charge in [0, 0.05) is 36.5 Å². The zero-order chi connectivity index (χ0) is 25.1. The molecule has 0 fully saturated rings. The zero-order valence-corrected chi connectivity index (χ0v) is 20.9. The molecule has 1 aliphatic rings. The van der Waals surface area contributed by atoms with Crippen molar-refractivity contribution < 1.29 is 4.79 Å². The normalized spacial score (nSPS) is 15.2. The van der Waals surface area contributed by atoms with E-state index in [0.29, 0.717) is 24.6 Å². The first kappa shape index (κ1) is 23.8. The number of rotatable bonds is 7. The highest BCUT2D eigenvalue weighted by atomic mass is 16.1. The molecule has 2 aromatic heterocycles. The number of carbonyl (C=O) groups excluding carboxylic acids is 1. The van der Waals surface area contributed by atoms with Crippen molar-refractivity contribution in [3.8, 4) is 0 Å². The summed E-state index contributed by atoms with van der Waals surface area (Å²) in [4.78, 5) is 18.0. The van der Waals surface area contributed by atoms with Crippen LogP contribution in [-0.2, 0) is 13.1 Å². The second kappa shape index (κ2) is 10.4. The quantitative estimate of drug-likeness (QED) is 0.288. The van der Waals surface area contributed by atoms with Crippen LogP contribution in [0.4, 0.5) is 11.5 Å². The maximum Gasteiger partial charge on any atom is 0.251 e. The van der Waals surface area contributed by atoms with Gasteiger partial charge in [0.05, 0.1) is 5.69 Å². The van der Waals surface area contributed by atoms with Crippen LogP contribution in [0, 0.1) is 13.8 Å². The molecule has 0 spiro atoms. The minimum absolute atomic E-state index is 0.120. The molecule has 1 aliphatic carbocycles. The molecular formula is C30H33N5O. The molecule has 0 saturated carbocycles. The third-order valence-electron chi connectivity index (χ3n) is 6.98. The predicted octanol–water partition coefficient (Wildman–Crippen LogP) is 5.91. The van der Waals surface area contributed by atoms with Crippen LogP contribution in [0.3, 0.4) is 0 Å². The summed E-state index contributed by atoms with van der Waals surface area (Å²) in [5.74, 6) is 1.20. The highest BCUT2D eigenvalue weighted by Crippen LogP contribution is 2.36. The van der Waals surface area contributed by atoms with Crippen LogP contribution in [-0.4, -0.2) is 15.3 Å². The minimum Gasteiger partial charge on any atom is -0.348 e. The van der Waals surface area contributed by atoms with E-state index in [1.54, 1.807) is 0 Å². The first-order valence-corrected chi connectivity index (χ1v) is 12.6. The summed E-state index contributed by atoms with van der Waals surface area (Å²) in [6.45, 7) is 5.17. The second-order valence-corrected chi connectivity index (χ2v) is 9.57. The number of aromatic nitrogens is 2. The molecule has 5 rings (SSSR count). The van der Waals surface area contributed by atoms with Crippen LogP contribution in [0.25, 0.3) is 5.65 Å². The SMILES string of the molecule is Cc1cccc(C)c1Nc1c(C2CC=CCC2)nc2cc(C(=O)NCc3cccc(CN)c3)ccn12. The predicted molar refractivity (Wildman–Crippen MR) is 146 cm³/mol. The van der Waals surface area contributed by atoms with Gasteiger partial charge in [-0.25, -0.2) is 4.98 Å². The van der Waals surface area contributed by atoms with Crippen molar-refractivity contribution in [3.63, 3.8) is 0 Å². The number of nitrogens with one attached hydrogen (secondary N) is 2. The Morgan fingerprint density at radius 3 is 2.58 bits per heavy atom. The Bertz CT molecular complexity index is 1410. The highest BCUT2D eigenvalue weighted by molar-refractivity contribution is 5.95. The van der Waals surface area contributed by atoms with E-state index in [9.17, 15) is 4.79 Å². The molecule has 1 amide bonds. The third-order valence-corrected chi connectivity index (χ3v) is 6.98. The van der Waals surface area contributed by atoms with Crippen LogP contribution in [0.2, 0.25) is 0 Å². The number of imidazole rings is 1. The molecule has 4 N–H and O–H groups in total. The number of allylic oxidation sites excluding steroid dienone is 2. The van der Waals surface area contributed by atoms with Gasteiger partial charge in [0.15, 0.2) is 0 Å². The van der Waals surface area contributed by atoms with Gasteiger partial charge in [-0.15, -0.1) is 0 Å². The molecule has 0 radical (unpaired) electrons. The maximum absolute atomic E-state index is 13.0. The molecular weight excluding hydrogens is 446 g/mol. The molecule has 184 valence electrons. The van der Waals surface area contributed by atoms with Crippen molar-refractivity contribution >= 4 is 23.1 Å². The Morgan fingerprint density at radius 2 is 1.83 bits per heavy atom. The van der Waals surface area contributed by atoms with E-state index in [1.165, 1.54) is 11.1 Å². The lowest BCUT2D eigenvalue weighted by Crippen LogP contribution is -2.23. The van der Waals surface area contributed by atoms with Crippen molar-refractivity contribution in [3.05, 3.63) is 106 Å². The lowest BCUT2D eigenvalue weighted by molar-refractivity contribution is 0.0951. The van der Waals surface area contributed by atoms with Gasteiger partial charge >= 0.3 is 0 Å². The Balaban J connectivity index is 1.46. The van der Waals surface area contributed by atoms with Crippen LogP contribution < -0.4 is 16.4 Å². The number of hydrogen-bond acceptors (Lipinski definition) is 4. The number of amides is 1. The Labute approximate surface area is 212 Å². The number of pyridine rings is 1. The number of hydrogen-bond donors (Lipinski definition) is 3. The van der Waals surface area contributed by atoms with Crippen molar-refractivity contribution in [1.29, 1.82) is 0 Å². The van der Waals surface area contributed by atoms with Gasteiger partial charge in [-0.05, 0) is 67.5 Å². The van der Waals surface area contributed by atoms with Gasteiger partial charge in [-0.2, -0.15) is 0 Å². The number of anilines is 2. The molecule has 0 aliphatic heterocycles. The number of para-hydroxylation sites is 1. The van der Waals surface area contributed by atoms with Crippen LogP contribution in [0.1, 0.15) is 63.5 Å². The standard InChI is InChI=1S/C30H33N5O/c1-20-8-6-9-21(2)27(20)34-29-28(24-12-4-3-5-13-24)33-26-17-25(14-15-35(26)29)30(36)32-19-23-11-7-10-22(16-23)18-31/h3-4,6-11,14-17,24,34H,5,12-13,18-19,31H2,1-2H3,(H,32,36). The smallest absolute Gasteiger partial charge is 0.251 e. The van der Waals surface area contributed by atoms with E-state index in [1.807, 2.05) is 42.6 Å². The first-order valence-electron chi connectivity index (χ1n) is 12.6. The van der Waals surface area contributed by atoms with Crippen molar-refractivity contribution in [2.75, 3.05) is 5.32 Å². The van der Waals surface area contributed by atoms with Gasteiger partial charge in [-0.3, -0.25) is 9.20 Å². The second-order valence-electron chi connectivity index (χ2n) is 9.57. The van der Waals surface area contributed by atoms with Crippen LogP contribution in [0.15, 0.2) is 72.9 Å². The molecule has 2 heterocycles. The Morgan fingerprint density at radius 1 is 1.06 bits per heavy atom. The van der Waals surface area contributed by atoms with Gasteiger partial charge in [0.25, 0.3) is 5.91 Å². The number of aryl methyl sites for hydroxylation is 2. The van der Waals surface area contributed by atoms with Crippen molar-refractivity contribution in [2.24, 2.45) is 5.73 Å². The maximum atomic E-state index is 13.0. The molecule has 1 atom stereocenters. The number of benzene rings is 2. The van der Waals surface area contributed by atoms with E-state index >= 15 is 0 Å². The van der Waals surface area contributed by atoms with E-state index in [0.717, 1.165) is 53.2 Å². The molecule has 0 saturated heterocycles. The van der Waals surface area contributed by atoms with Crippen LogP contribution in [0.5, 0.6) is 0 Å². The van der Waals surface area contributed by atoms with E-state index < -0.39 is 0 Å². The summed E-state index contributed by atoms with van der Waals surface area (Å²) >= 11 is 0. The number of carbonyl (C=O) groups is 1. The van der Waals surface area contributed by atoms with E-state index in [-0.39, 0.29) is 5.91 Å². The summed E-state index contributed by atoms with van der Waals surface area (Å²) in [6.07, 6.45) is 9.54. The van der Waals surface area contributed by atoms with Gasteiger partial charge < -0.3 is 16.4 Å². The lowest BCUT2D eigenvalue weighted by Gasteiger charge is -2.19. The molecule has 1 unspecified atom stereocenters. The molecule has 6 heteroatoms. The third kappa shape index (κ3) is 4.90. The Hall–Kier alpha value is -3.90. The fourth-order valence-electron chi connectivity index (χ4n) is 4.94. The number of nitrogens with two attached hydrogens (primary N) is 1. The monoisotopic (exact) mass is 479 g/mol. The molecule has 36 heavy (non-hydrogen) atoms. The minimum atomic E-state index is -0.120. The topological polar surface area (TPSA) is 84.5 Å². The molecule has 2 aromatic carbocycles. The van der Waals surface area contributed by atoms with E-state index in [2.05, 4.69) is 59.2 Å². The molecule has 4 aromatic rings. The van der Waals surface area contributed by atoms with Gasteiger partial charge in [-0.1, -0.05) is 54.6 Å². The highest BCUT2D eigenvalue weighted by Gasteiger charge is 2.23. The van der Waals surface area contributed by atoms with Crippen LogP contribution >= 0.6 is 0 Å². The largest absolute Gasteiger partial charge is 0.348 e. The summed E-state index contributed by atoms with van der Waals surface area (Å²) in [7, 11) is 0. The molecule has 0 bridgehead atoms. The average molecular weight is 480 g/mol. The zero-order valence-electron chi connectivity index (χ0n) is 20.9. The number of nitrogens with zero attached hydrogens (tertiary/aromatic N) is 2.